The van der Waals surface area contributed by atoms with E-state index in [0.717, 1.165) is 17.1 Å². The van der Waals surface area contributed by atoms with Crippen LogP contribution in [0.4, 0.5) is 0 Å². The number of furan rings is 1. The van der Waals surface area contributed by atoms with Crippen LogP contribution in [0.15, 0.2) is 21.9 Å². The summed E-state index contributed by atoms with van der Waals surface area (Å²) in [6.45, 7) is 3.71. The van der Waals surface area contributed by atoms with Crippen LogP contribution in [0, 0.1) is 13.8 Å². The molecule has 2 aromatic rings. The van der Waals surface area contributed by atoms with Crippen molar-refractivity contribution in [3.8, 4) is 0 Å². The lowest BCUT2D eigenvalue weighted by Crippen LogP contribution is -1.99. The summed E-state index contributed by atoms with van der Waals surface area (Å²) < 4.78 is 9.44. The first kappa shape index (κ1) is 9.43. The third-order valence-corrected chi connectivity index (χ3v) is 2.69. The third-order valence-electron chi connectivity index (χ3n) is 2.11. The number of hydrogen-bond acceptors (Lipinski definition) is 4. The van der Waals surface area contributed by atoms with E-state index in [1.54, 1.807) is 0 Å². The Morgan fingerprint density at radius 2 is 2.29 bits per heavy atom. The van der Waals surface area contributed by atoms with Crippen LogP contribution < -0.4 is 0 Å². The summed E-state index contributed by atoms with van der Waals surface area (Å²) in [5.41, 5.74) is 1.48. The van der Waals surface area contributed by atoms with Crippen LogP contribution >= 0.6 is 11.5 Å². The van der Waals surface area contributed by atoms with Gasteiger partial charge in [0.25, 0.3) is 0 Å². The molecule has 0 aliphatic rings. The largest absolute Gasteiger partial charge is 0.466 e. The summed E-state index contributed by atoms with van der Waals surface area (Å²) in [4.78, 5) is 0. The van der Waals surface area contributed by atoms with Crippen molar-refractivity contribution in [1.29, 1.82) is 0 Å². The van der Waals surface area contributed by atoms with Crippen molar-refractivity contribution < 1.29 is 9.52 Å². The van der Waals surface area contributed by atoms with Crippen molar-refractivity contribution in [3.63, 3.8) is 0 Å². The van der Waals surface area contributed by atoms with E-state index in [1.807, 2.05) is 31.4 Å². The van der Waals surface area contributed by atoms with Crippen molar-refractivity contribution in [1.82, 2.24) is 4.37 Å². The topological polar surface area (TPSA) is 46.3 Å². The summed E-state index contributed by atoms with van der Waals surface area (Å²) in [5.74, 6) is 1.56. The van der Waals surface area contributed by atoms with Crippen LogP contribution in [0.25, 0.3) is 0 Å². The normalized spacial score (nSPS) is 13.1. The van der Waals surface area contributed by atoms with Crippen molar-refractivity contribution in [2.45, 2.75) is 20.0 Å². The molecule has 0 bridgehead atoms. The minimum atomic E-state index is -0.668. The number of hydrogen-bond donors (Lipinski definition) is 1. The first-order valence-corrected chi connectivity index (χ1v) is 5.17. The Bertz CT molecular complexity index is 419. The summed E-state index contributed by atoms with van der Waals surface area (Å²) in [7, 11) is 0. The van der Waals surface area contributed by atoms with Gasteiger partial charge in [-0.2, -0.15) is 4.37 Å². The average Bonchev–Trinajstić information content (AvgIpc) is 2.73. The molecule has 1 atom stereocenters. The van der Waals surface area contributed by atoms with Gasteiger partial charge in [-0.1, -0.05) is 0 Å². The SMILES string of the molecule is Cc1cc(C(O)c2ccsn2)c(C)o1. The van der Waals surface area contributed by atoms with E-state index in [-0.39, 0.29) is 0 Å². The van der Waals surface area contributed by atoms with E-state index in [1.165, 1.54) is 11.5 Å². The second kappa shape index (κ2) is 3.55. The lowest BCUT2D eigenvalue weighted by molar-refractivity contribution is 0.214. The van der Waals surface area contributed by atoms with Gasteiger partial charge in [0.05, 0.1) is 5.69 Å². The Labute approximate surface area is 86.2 Å². The zero-order valence-corrected chi connectivity index (χ0v) is 8.84. The molecule has 0 fully saturated rings. The molecule has 0 saturated heterocycles. The molecule has 4 heteroatoms. The summed E-state index contributed by atoms with van der Waals surface area (Å²) >= 11 is 1.33. The van der Waals surface area contributed by atoms with Gasteiger partial charge in [0.15, 0.2) is 0 Å². The molecule has 0 saturated carbocycles. The molecule has 0 radical (unpaired) electrons. The maximum atomic E-state index is 9.96. The Kier molecular flexibility index (Phi) is 2.39. The van der Waals surface area contributed by atoms with Crippen molar-refractivity contribution >= 4 is 11.5 Å². The lowest BCUT2D eigenvalue weighted by Gasteiger charge is -2.05. The fraction of sp³-hybridized carbons (Fsp3) is 0.300. The Morgan fingerprint density at radius 3 is 2.79 bits per heavy atom. The number of nitrogens with zero attached hydrogens (tertiary/aromatic N) is 1. The van der Waals surface area contributed by atoms with Crippen LogP contribution in [0.5, 0.6) is 0 Å². The highest BCUT2D eigenvalue weighted by Crippen LogP contribution is 2.26. The first-order chi connectivity index (χ1) is 6.68. The highest BCUT2D eigenvalue weighted by atomic mass is 32.1. The van der Waals surface area contributed by atoms with Gasteiger partial charge in [0, 0.05) is 10.9 Å². The second-order valence-electron chi connectivity index (χ2n) is 3.20. The lowest BCUT2D eigenvalue weighted by atomic mass is 10.1. The van der Waals surface area contributed by atoms with E-state index < -0.39 is 6.10 Å². The molecule has 0 aromatic carbocycles. The number of aromatic nitrogens is 1. The van der Waals surface area contributed by atoms with Gasteiger partial charge in [0.1, 0.15) is 17.6 Å². The monoisotopic (exact) mass is 209 g/mol. The molecule has 3 nitrogen and oxygen atoms in total. The molecule has 0 aliphatic heterocycles. The molecule has 14 heavy (non-hydrogen) atoms. The van der Waals surface area contributed by atoms with Gasteiger partial charge in [0.2, 0.25) is 0 Å². The molecule has 2 rings (SSSR count). The van der Waals surface area contributed by atoms with Gasteiger partial charge < -0.3 is 9.52 Å². The predicted molar refractivity (Wildman–Crippen MR) is 54.4 cm³/mol. The molecule has 1 N–H and O–H groups in total. The third kappa shape index (κ3) is 1.58. The van der Waals surface area contributed by atoms with Gasteiger partial charge in [-0.3, -0.25) is 0 Å². The predicted octanol–water partition coefficient (Wildman–Crippen LogP) is 2.43. The van der Waals surface area contributed by atoms with E-state index >= 15 is 0 Å². The minimum Gasteiger partial charge on any atom is -0.466 e. The molecule has 1 unspecified atom stereocenters. The Hall–Kier alpha value is -1.13. The van der Waals surface area contributed by atoms with Crippen LogP contribution in [-0.4, -0.2) is 9.48 Å². The zero-order chi connectivity index (χ0) is 10.1. The Balaban J connectivity index is 2.36. The van der Waals surface area contributed by atoms with Crippen LogP contribution in [0.1, 0.15) is 28.9 Å². The zero-order valence-electron chi connectivity index (χ0n) is 8.02. The minimum absolute atomic E-state index is 0.668. The molecule has 2 heterocycles. The number of aryl methyl sites for hydroxylation is 2. The van der Waals surface area contributed by atoms with Gasteiger partial charge in [-0.15, -0.1) is 0 Å². The molecular formula is C10H11NO2S. The molecule has 0 aliphatic carbocycles. The fourth-order valence-corrected chi connectivity index (χ4v) is 1.99. The van der Waals surface area contributed by atoms with E-state index in [9.17, 15) is 5.11 Å². The molecule has 0 spiro atoms. The highest BCUT2D eigenvalue weighted by Gasteiger charge is 2.17. The van der Waals surface area contributed by atoms with Crippen LogP contribution in [0.3, 0.4) is 0 Å². The number of aliphatic hydroxyl groups is 1. The van der Waals surface area contributed by atoms with Crippen molar-refractivity contribution in [2.75, 3.05) is 0 Å². The molecule has 74 valence electrons. The van der Waals surface area contributed by atoms with Gasteiger partial charge in [-0.25, -0.2) is 0 Å². The maximum Gasteiger partial charge on any atom is 0.125 e. The maximum absolute atomic E-state index is 9.96. The highest BCUT2D eigenvalue weighted by molar-refractivity contribution is 7.03. The molecular weight excluding hydrogens is 198 g/mol. The molecule has 0 amide bonds. The quantitative estimate of drug-likeness (QED) is 0.826. The van der Waals surface area contributed by atoms with Gasteiger partial charge in [-0.05, 0) is 37.5 Å². The van der Waals surface area contributed by atoms with Gasteiger partial charge >= 0.3 is 0 Å². The van der Waals surface area contributed by atoms with E-state index in [0.29, 0.717) is 5.69 Å². The first-order valence-electron chi connectivity index (χ1n) is 4.34. The number of aliphatic hydroxyl groups excluding tert-OH is 1. The van der Waals surface area contributed by atoms with Crippen molar-refractivity contribution in [3.05, 3.63) is 40.3 Å². The van der Waals surface area contributed by atoms with E-state index in [4.69, 9.17) is 4.42 Å². The van der Waals surface area contributed by atoms with Crippen molar-refractivity contribution in [2.24, 2.45) is 0 Å². The van der Waals surface area contributed by atoms with Crippen LogP contribution in [0.2, 0.25) is 0 Å². The standard InChI is InChI=1S/C10H11NO2S/c1-6-5-8(7(2)13-6)10(12)9-3-4-14-11-9/h3-5,10,12H,1-2H3. The number of rotatable bonds is 2. The fourth-order valence-electron chi connectivity index (χ4n) is 1.44. The summed E-state index contributed by atoms with van der Waals surface area (Å²) in [6.07, 6.45) is -0.668. The second-order valence-corrected chi connectivity index (χ2v) is 3.86. The summed E-state index contributed by atoms with van der Waals surface area (Å²) in [6, 6.07) is 3.66. The Morgan fingerprint density at radius 1 is 1.50 bits per heavy atom. The van der Waals surface area contributed by atoms with Crippen LogP contribution in [-0.2, 0) is 0 Å². The smallest absolute Gasteiger partial charge is 0.125 e. The average molecular weight is 209 g/mol. The van der Waals surface area contributed by atoms with E-state index in [2.05, 4.69) is 4.37 Å². The summed E-state index contributed by atoms with van der Waals surface area (Å²) in [5, 5.41) is 11.8. The molecule has 2 aromatic heterocycles.